The molecule has 0 spiro atoms. The second kappa shape index (κ2) is 7.47. The highest BCUT2D eigenvalue weighted by Gasteiger charge is 2.17. The van der Waals surface area contributed by atoms with Gasteiger partial charge in [-0.2, -0.15) is 4.98 Å². The van der Waals surface area contributed by atoms with Gasteiger partial charge in [-0.1, -0.05) is 5.16 Å². The van der Waals surface area contributed by atoms with Gasteiger partial charge in [0.15, 0.2) is 18.1 Å². The summed E-state index contributed by atoms with van der Waals surface area (Å²) in [6.07, 6.45) is 1.31. The van der Waals surface area contributed by atoms with Crippen molar-refractivity contribution in [3.63, 3.8) is 0 Å². The van der Waals surface area contributed by atoms with Gasteiger partial charge in [0, 0.05) is 5.56 Å². The lowest BCUT2D eigenvalue weighted by Crippen LogP contribution is -2.00. The normalized spacial score (nSPS) is 10.4. The second-order valence-corrected chi connectivity index (χ2v) is 4.95. The quantitative estimate of drug-likeness (QED) is 0.463. The van der Waals surface area contributed by atoms with E-state index in [9.17, 15) is 10.1 Å². The first kappa shape index (κ1) is 17.1. The summed E-state index contributed by atoms with van der Waals surface area (Å²) < 4.78 is 20.9. The number of hydrogen-bond donors (Lipinski definition) is 0. The molecule has 3 aromatic rings. The Morgan fingerprint density at radius 2 is 1.96 bits per heavy atom. The van der Waals surface area contributed by atoms with Crippen LogP contribution in [0.2, 0.25) is 0 Å². The van der Waals surface area contributed by atoms with Crippen molar-refractivity contribution in [1.29, 1.82) is 0 Å². The Kier molecular flexibility index (Phi) is 4.92. The fraction of sp³-hybridized carbons (Fsp3) is 0.188. The molecule has 0 amide bonds. The lowest BCUT2D eigenvalue weighted by atomic mass is 10.2. The number of hydrogen-bond acceptors (Lipinski definition) is 9. The highest BCUT2D eigenvalue weighted by Crippen LogP contribution is 2.31. The van der Waals surface area contributed by atoms with Gasteiger partial charge in [0.25, 0.3) is 5.89 Å². The monoisotopic (exact) mass is 358 g/mol. The van der Waals surface area contributed by atoms with E-state index in [1.165, 1.54) is 25.4 Å². The van der Waals surface area contributed by atoms with Gasteiger partial charge in [-0.15, -0.1) is 0 Å². The molecule has 0 saturated carbocycles. The molecule has 0 radical (unpaired) electrons. The van der Waals surface area contributed by atoms with Crippen molar-refractivity contribution in [3.05, 3.63) is 52.5 Å². The van der Waals surface area contributed by atoms with Crippen molar-refractivity contribution in [1.82, 2.24) is 15.1 Å². The molecule has 1 aromatic carbocycles. The molecule has 2 aromatic heterocycles. The number of pyridine rings is 1. The minimum Gasteiger partial charge on any atom is -0.493 e. The number of rotatable bonds is 7. The Morgan fingerprint density at radius 3 is 2.69 bits per heavy atom. The van der Waals surface area contributed by atoms with E-state index < -0.39 is 4.92 Å². The summed E-state index contributed by atoms with van der Waals surface area (Å²) in [5.41, 5.74) is 0.657. The molecule has 0 fully saturated rings. The van der Waals surface area contributed by atoms with Crippen LogP contribution in [0.3, 0.4) is 0 Å². The van der Waals surface area contributed by atoms with E-state index in [0.29, 0.717) is 22.9 Å². The first-order chi connectivity index (χ1) is 12.6. The first-order valence-corrected chi connectivity index (χ1v) is 7.39. The van der Waals surface area contributed by atoms with Gasteiger partial charge in [0.1, 0.15) is 6.20 Å². The van der Waals surface area contributed by atoms with E-state index in [-0.39, 0.29) is 24.1 Å². The Labute approximate surface area is 147 Å². The molecule has 0 aliphatic carbocycles. The maximum absolute atomic E-state index is 10.9. The molecule has 3 rings (SSSR count). The number of aromatic nitrogens is 3. The van der Waals surface area contributed by atoms with Crippen molar-refractivity contribution in [2.24, 2.45) is 0 Å². The predicted molar refractivity (Wildman–Crippen MR) is 88.1 cm³/mol. The second-order valence-electron chi connectivity index (χ2n) is 4.95. The van der Waals surface area contributed by atoms with Crippen LogP contribution in [0.15, 0.2) is 41.1 Å². The van der Waals surface area contributed by atoms with Crippen LogP contribution in [-0.2, 0) is 6.61 Å². The number of methoxy groups -OCH3 is 2. The molecule has 10 nitrogen and oxygen atoms in total. The zero-order chi connectivity index (χ0) is 18.5. The standard InChI is InChI=1S/C16H14N4O6/c1-23-11-6-5-10(8-13(11)24-2)15-18-14(26-19-15)9-25-12-4-3-7-17-16(12)20(21)22/h3-8H,9H2,1-2H3. The van der Waals surface area contributed by atoms with Crippen molar-refractivity contribution < 1.29 is 23.7 Å². The zero-order valence-electron chi connectivity index (χ0n) is 13.9. The Morgan fingerprint density at radius 1 is 1.15 bits per heavy atom. The molecule has 0 saturated heterocycles. The summed E-state index contributed by atoms with van der Waals surface area (Å²) >= 11 is 0. The van der Waals surface area contributed by atoms with Gasteiger partial charge in [0.05, 0.1) is 14.2 Å². The van der Waals surface area contributed by atoms with Crippen LogP contribution < -0.4 is 14.2 Å². The van der Waals surface area contributed by atoms with Gasteiger partial charge < -0.3 is 28.8 Å². The van der Waals surface area contributed by atoms with E-state index in [1.807, 2.05) is 0 Å². The van der Waals surface area contributed by atoms with Crippen LogP contribution >= 0.6 is 0 Å². The van der Waals surface area contributed by atoms with Crippen LogP contribution in [-0.4, -0.2) is 34.3 Å². The van der Waals surface area contributed by atoms with E-state index in [2.05, 4.69) is 15.1 Å². The molecule has 0 bridgehead atoms. The van der Waals surface area contributed by atoms with Gasteiger partial charge in [-0.25, -0.2) is 0 Å². The maximum Gasteiger partial charge on any atom is 0.406 e. The topological polar surface area (TPSA) is 123 Å². The van der Waals surface area contributed by atoms with E-state index >= 15 is 0 Å². The molecule has 26 heavy (non-hydrogen) atoms. The van der Waals surface area contributed by atoms with Crippen molar-refractivity contribution in [2.45, 2.75) is 6.61 Å². The van der Waals surface area contributed by atoms with Gasteiger partial charge >= 0.3 is 5.82 Å². The predicted octanol–water partition coefficient (Wildman–Crippen LogP) is 2.64. The number of nitro groups is 1. The van der Waals surface area contributed by atoms with Crippen LogP contribution in [0.1, 0.15) is 5.89 Å². The maximum atomic E-state index is 10.9. The minimum absolute atomic E-state index is 0.0170. The molecule has 0 aliphatic heterocycles. The largest absolute Gasteiger partial charge is 0.493 e. The number of benzene rings is 1. The molecule has 0 unspecified atom stereocenters. The number of nitrogens with zero attached hydrogens (tertiary/aromatic N) is 4. The molecule has 0 N–H and O–H groups in total. The smallest absolute Gasteiger partial charge is 0.406 e. The average molecular weight is 358 g/mol. The summed E-state index contributed by atoms with van der Waals surface area (Å²) in [4.78, 5) is 18.2. The van der Waals surface area contributed by atoms with Crippen LogP contribution in [0.5, 0.6) is 17.2 Å². The molecule has 0 atom stereocenters. The molecule has 2 heterocycles. The SMILES string of the molecule is COc1ccc(-c2noc(COc3cccnc3[N+](=O)[O-])n2)cc1OC. The van der Waals surface area contributed by atoms with Crippen molar-refractivity contribution >= 4 is 5.82 Å². The molecule has 134 valence electrons. The fourth-order valence-corrected chi connectivity index (χ4v) is 2.18. The summed E-state index contributed by atoms with van der Waals surface area (Å²) in [5, 5.41) is 14.8. The van der Waals surface area contributed by atoms with Crippen molar-refractivity contribution in [3.8, 4) is 28.6 Å². The molecule has 0 aliphatic rings. The summed E-state index contributed by atoms with van der Waals surface area (Å²) in [5.74, 6) is 1.22. The third-order valence-corrected chi connectivity index (χ3v) is 3.38. The number of ether oxygens (including phenoxy) is 3. The Balaban J connectivity index is 1.76. The highest BCUT2D eigenvalue weighted by molar-refractivity contribution is 5.60. The van der Waals surface area contributed by atoms with Gasteiger partial charge in [-0.3, -0.25) is 0 Å². The van der Waals surface area contributed by atoms with Crippen LogP contribution in [0.25, 0.3) is 11.4 Å². The van der Waals surface area contributed by atoms with E-state index in [4.69, 9.17) is 18.7 Å². The zero-order valence-corrected chi connectivity index (χ0v) is 13.9. The summed E-state index contributed by atoms with van der Waals surface area (Å²) in [6, 6.07) is 8.16. The molecular formula is C16H14N4O6. The lowest BCUT2D eigenvalue weighted by Gasteiger charge is -2.07. The van der Waals surface area contributed by atoms with Crippen LogP contribution in [0.4, 0.5) is 5.82 Å². The third-order valence-electron chi connectivity index (χ3n) is 3.38. The van der Waals surface area contributed by atoms with Gasteiger partial charge in [0.2, 0.25) is 11.6 Å². The van der Waals surface area contributed by atoms with Crippen molar-refractivity contribution in [2.75, 3.05) is 14.2 Å². The van der Waals surface area contributed by atoms with Gasteiger partial charge in [-0.05, 0) is 40.2 Å². The minimum atomic E-state index is -0.627. The Hall–Kier alpha value is -3.69. The summed E-state index contributed by atoms with van der Waals surface area (Å²) in [6.45, 7) is -0.132. The fourth-order valence-electron chi connectivity index (χ4n) is 2.18. The average Bonchev–Trinajstić information content (AvgIpc) is 3.15. The van der Waals surface area contributed by atoms with Crippen LogP contribution in [0, 0.1) is 10.1 Å². The molecular weight excluding hydrogens is 344 g/mol. The molecule has 10 heteroatoms. The highest BCUT2D eigenvalue weighted by atomic mass is 16.6. The lowest BCUT2D eigenvalue weighted by molar-refractivity contribution is -0.390. The third kappa shape index (κ3) is 3.53. The Bertz CT molecular complexity index is 927. The summed E-state index contributed by atoms with van der Waals surface area (Å²) in [7, 11) is 3.07. The first-order valence-electron chi connectivity index (χ1n) is 7.39. The van der Waals surface area contributed by atoms with E-state index in [0.717, 1.165) is 0 Å². The van der Waals surface area contributed by atoms with E-state index in [1.54, 1.807) is 25.3 Å².